The lowest BCUT2D eigenvalue weighted by Crippen LogP contribution is -2.39. The Balaban J connectivity index is 1.82. The summed E-state index contributed by atoms with van der Waals surface area (Å²) in [6, 6.07) is 11.4. The molecule has 6 heteroatoms. The molecule has 2 N–H and O–H groups in total. The van der Waals surface area contributed by atoms with Crippen molar-refractivity contribution in [3.05, 3.63) is 65.9 Å². The number of hydrogen-bond donors (Lipinski definition) is 2. The van der Waals surface area contributed by atoms with E-state index in [1.807, 2.05) is 43.1 Å². The van der Waals surface area contributed by atoms with Crippen molar-refractivity contribution in [1.29, 1.82) is 0 Å². The number of fused-ring (bicyclic) bond motifs is 1. The number of benzene rings is 2. The van der Waals surface area contributed by atoms with Gasteiger partial charge < -0.3 is 15.2 Å². The number of rotatable bonds is 4. The zero-order valence-electron chi connectivity index (χ0n) is 14.0. The van der Waals surface area contributed by atoms with Gasteiger partial charge >= 0.3 is 0 Å². The first-order valence-electron chi connectivity index (χ1n) is 8.03. The highest BCUT2D eigenvalue weighted by Gasteiger charge is 2.16. The second kappa shape index (κ2) is 7.19. The lowest BCUT2D eigenvalue weighted by atomic mass is 10.1. The van der Waals surface area contributed by atoms with Crippen molar-refractivity contribution in [3.63, 3.8) is 0 Å². The topological polar surface area (TPSA) is 31.1 Å². The number of hydrogen-bond acceptors (Lipinski definition) is 1. The number of nitrogens with zero attached hydrogens (tertiary/aromatic N) is 1. The smallest absolute Gasteiger partial charge is 0.173 e. The molecule has 0 aliphatic carbocycles. The van der Waals surface area contributed by atoms with Crippen LogP contribution in [0, 0.1) is 11.6 Å². The molecule has 130 valence electrons. The summed E-state index contributed by atoms with van der Waals surface area (Å²) in [5, 5.41) is 4.49. The minimum atomic E-state index is -0.641. The van der Waals surface area contributed by atoms with E-state index in [1.54, 1.807) is 0 Å². The number of H-pyrrole nitrogens is 1. The highest BCUT2D eigenvalue weighted by Crippen LogP contribution is 2.21. The van der Waals surface area contributed by atoms with Gasteiger partial charge in [-0.3, -0.25) is 0 Å². The van der Waals surface area contributed by atoms with Gasteiger partial charge in [0.15, 0.2) is 5.11 Å². The number of nitrogens with one attached hydrogen (secondary N) is 2. The molecule has 0 fully saturated rings. The molecule has 0 aliphatic heterocycles. The van der Waals surface area contributed by atoms with Crippen LogP contribution in [-0.4, -0.2) is 21.0 Å². The summed E-state index contributed by atoms with van der Waals surface area (Å²) in [6.45, 7) is 4.63. The fourth-order valence-corrected chi connectivity index (χ4v) is 3.15. The number of halogens is 2. The van der Waals surface area contributed by atoms with Crippen LogP contribution in [0.3, 0.4) is 0 Å². The third kappa shape index (κ3) is 3.96. The monoisotopic (exact) mass is 359 g/mol. The van der Waals surface area contributed by atoms with Gasteiger partial charge in [0.2, 0.25) is 0 Å². The SMILES string of the molecule is CC(C)N(Cc1c[nH]c2ccccc12)C(=S)Nc1cc(F)cc(F)c1. The summed E-state index contributed by atoms with van der Waals surface area (Å²) in [6.07, 6.45) is 1.96. The van der Waals surface area contributed by atoms with Gasteiger partial charge in [0.1, 0.15) is 11.6 Å². The van der Waals surface area contributed by atoms with Crippen LogP contribution in [0.2, 0.25) is 0 Å². The molecule has 2 aromatic carbocycles. The minimum absolute atomic E-state index is 0.118. The third-order valence-electron chi connectivity index (χ3n) is 4.01. The summed E-state index contributed by atoms with van der Waals surface area (Å²) in [5.74, 6) is -1.28. The van der Waals surface area contributed by atoms with Gasteiger partial charge in [-0.15, -0.1) is 0 Å². The Labute approximate surface area is 150 Å². The number of thiocarbonyl (C=S) groups is 1. The Kier molecular flexibility index (Phi) is 4.99. The van der Waals surface area contributed by atoms with Crippen LogP contribution in [0.15, 0.2) is 48.7 Å². The molecule has 25 heavy (non-hydrogen) atoms. The van der Waals surface area contributed by atoms with E-state index in [0.29, 0.717) is 17.3 Å². The Bertz CT molecular complexity index is 884. The number of aromatic nitrogens is 1. The molecule has 1 heterocycles. The maximum absolute atomic E-state index is 13.4. The average molecular weight is 359 g/mol. The zero-order chi connectivity index (χ0) is 18.0. The van der Waals surface area contributed by atoms with Gasteiger partial charge in [0.25, 0.3) is 0 Å². The van der Waals surface area contributed by atoms with Crippen LogP contribution in [0.5, 0.6) is 0 Å². The van der Waals surface area contributed by atoms with Crippen LogP contribution in [0.4, 0.5) is 14.5 Å². The molecule has 3 aromatic rings. The van der Waals surface area contributed by atoms with Crippen LogP contribution in [0.25, 0.3) is 10.9 Å². The first-order chi connectivity index (χ1) is 11.9. The van der Waals surface area contributed by atoms with E-state index < -0.39 is 11.6 Å². The summed E-state index contributed by atoms with van der Waals surface area (Å²) < 4.78 is 26.8. The van der Waals surface area contributed by atoms with Gasteiger partial charge in [0.05, 0.1) is 0 Å². The van der Waals surface area contributed by atoms with Gasteiger partial charge in [0, 0.05) is 41.4 Å². The van der Waals surface area contributed by atoms with Gasteiger partial charge in [-0.2, -0.15) is 0 Å². The van der Waals surface area contributed by atoms with Gasteiger partial charge in [-0.1, -0.05) is 18.2 Å². The summed E-state index contributed by atoms with van der Waals surface area (Å²) in [4.78, 5) is 5.23. The lowest BCUT2D eigenvalue weighted by molar-refractivity contribution is 0.349. The van der Waals surface area contributed by atoms with Crippen molar-refractivity contribution in [2.75, 3.05) is 5.32 Å². The average Bonchev–Trinajstić information content (AvgIpc) is 2.94. The first-order valence-corrected chi connectivity index (χ1v) is 8.43. The normalized spacial score (nSPS) is 11.1. The minimum Gasteiger partial charge on any atom is -0.361 e. The van der Waals surface area contributed by atoms with Crippen molar-refractivity contribution < 1.29 is 8.78 Å². The summed E-state index contributed by atoms with van der Waals surface area (Å²) in [7, 11) is 0. The summed E-state index contributed by atoms with van der Waals surface area (Å²) >= 11 is 5.48. The van der Waals surface area contributed by atoms with E-state index in [4.69, 9.17) is 12.2 Å². The summed E-state index contributed by atoms with van der Waals surface area (Å²) in [5.41, 5.74) is 2.47. The molecule has 0 radical (unpaired) electrons. The van der Waals surface area contributed by atoms with Gasteiger partial charge in [-0.25, -0.2) is 8.78 Å². The van der Waals surface area contributed by atoms with E-state index in [9.17, 15) is 8.78 Å². The quantitative estimate of drug-likeness (QED) is 0.639. The maximum Gasteiger partial charge on any atom is 0.173 e. The standard InChI is InChI=1S/C19H19F2N3S/c1-12(2)24(11-13-10-22-18-6-4-3-5-17(13)18)19(25)23-16-8-14(20)7-15(21)9-16/h3-10,12,22H,11H2,1-2H3,(H,23,25). The number of para-hydroxylation sites is 1. The fourth-order valence-electron chi connectivity index (χ4n) is 2.76. The second-order valence-electron chi connectivity index (χ2n) is 6.17. The van der Waals surface area contributed by atoms with E-state index in [2.05, 4.69) is 16.4 Å². The molecule has 0 bridgehead atoms. The Hall–Kier alpha value is -2.47. The molecule has 3 rings (SSSR count). The number of anilines is 1. The van der Waals surface area contributed by atoms with E-state index >= 15 is 0 Å². The van der Waals surface area contributed by atoms with Crippen molar-refractivity contribution >= 4 is 33.9 Å². The van der Waals surface area contributed by atoms with E-state index in [-0.39, 0.29) is 6.04 Å². The Morgan fingerprint density at radius 2 is 1.84 bits per heavy atom. The molecule has 0 atom stereocenters. The van der Waals surface area contributed by atoms with E-state index in [0.717, 1.165) is 22.5 Å². The zero-order valence-corrected chi connectivity index (χ0v) is 14.8. The number of aromatic amines is 1. The largest absolute Gasteiger partial charge is 0.361 e. The predicted molar refractivity (Wildman–Crippen MR) is 102 cm³/mol. The van der Waals surface area contributed by atoms with Crippen LogP contribution < -0.4 is 5.32 Å². The van der Waals surface area contributed by atoms with Crippen molar-refractivity contribution in [2.24, 2.45) is 0 Å². The molecule has 3 nitrogen and oxygen atoms in total. The van der Waals surface area contributed by atoms with Crippen LogP contribution in [-0.2, 0) is 6.54 Å². The Morgan fingerprint density at radius 1 is 1.16 bits per heavy atom. The second-order valence-corrected chi connectivity index (χ2v) is 6.56. The highest BCUT2D eigenvalue weighted by atomic mass is 32.1. The van der Waals surface area contributed by atoms with Crippen LogP contribution >= 0.6 is 12.2 Å². The van der Waals surface area contributed by atoms with Crippen molar-refractivity contribution in [1.82, 2.24) is 9.88 Å². The molecular formula is C19H19F2N3S. The van der Waals surface area contributed by atoms with Gasteiger partial charge in [-0.05, 0) is 49.8 Å². The Morgan fingerprint density at radius 3 is 2.52 bits per heavy atom. The molecule has 0 spiro atoms. The molecule has 1 aromatic heterocycles. The molecule has 0 unspecified atom stereocenters. The van der Waals surface area contributed by atoms with Crippen molar-refractivity contribution in [2.45, 2.75) is 26.4 Å². The first kappa shape index (κ1) is 17.4. The molecule has 0 amide bonds. The van der Waals surface area contributed by atoms with Crippen LogP contribution in [0.1, 0.15) is 19.4 Å². The molecule has 0 saturated carbocycles. The fraction of sp³-hybridized carbons (Fsp3) is 0.211. The maximum atomic E-state index is 13.4. The lowest BCUT2D eigenvalue weighted by Gasteiger charge is -2.29. The predicted octanol–water partition coefficient (Wildman–Crippen LogP) is 5.05. The highest BCUT2D eigenvalue weighted by molar-refractivity contribution is 7.80. The van der Waals surface area contributed by atoms with E-state index in [1.165, 1.54) is 12.1 Å². The molecule has 0 aliphatic rings. The molecular weight excluding hydrogens is 340 g/mol. The van der Waals surface area contributed by atoms with Crippen molar-refractivity contribution in [3.8, 4) is 0 Å². The third-order valence-corrected chi connectivity index (χ3v) is 4.35. The molecule has 0 saturated heterocycles.